The second kappa shape index (κ2) is 6.88. The summed E-state index contributed by atoms with van der Waals surface area (Å²) in [6, 6.07) is 14.2. The molecule has 0 aliphatic carbocycles. The Hall–Kier alpha value is -2.73. The summed E-state index contributed by atoms with van der Waals surface area (Å²) in [4.78, 5) is 14.7. The van der Waals surface area contributed by atoms with E-state index in [9.17, 15) is 0 Å². The number of aryl methyl sites for hydroxylation is 2. The van der Waals surface area contributed by atoms with Gasteiger partial charge in [-0.2, -0.15) is 0 Å². The molecule has 2 N–H and O–H groups in total. The van der Waals surface area contributed by atoms with Crippen LogP contribution in [0.1, 0.15) is 40.4 Å². The third kappa shape index (κ3) is 3.08. The van der Waals surface area contributed by atoms with Gasteiger partial charge in [-0.05, 0) is 62.0 Å². The number of rotatable bonds is 4. The van der Waals surface area contributed by atoms with Gasteiger partial charge < -0.3 is 15.2 Å². The second-order valence-corrected chi connectivity index (χ2v) is 6.99. The molecule has 0 radical (unpaired) electrons. The molecule has 26 heavy (non-hydrogen) atoms. The summed E-state index contributed by atoms with van der Waals surface area (Å²) in [6.07, 6.45) is 3.65. The first kappa shape index (κ1) is 16.7. The zero-order valence-corrected chi connectivity index (χ0v) is 15.6. The predicted octanol–water partition coefficient (Wildman–Crippen LogP) is 3.59. The van der Waals surface area contributed by atoms with Crippen LogP contribution in [-0.4, -0.2) is 25.0 Å². The highest BCUT2D eigenvalue weighted by molar-refractivity contribution is 7.80. The maximum atomic E-state index is 5.69. The van der Waals surface area contributed by atoms with Gasteiger partial charge >= 0.3 is 0 Å². The Morgan fingerprint density at radius 3 is 2.46 bits per heavy atom. The highest BCUT2D eigenvalue weighted by atomic mass is 32.1. The summed E-state index contributed by atoms with van der Waals surface area (Å²) in [6.45, 7) is 4.85. The SMILES string of the molecule is Cc1cc([C@H]2[C@@H](c3ccccn3)NC(=S)N2Cc2ccccn2)c(C)[nH]1. The van der Waals surface area contributed by atoms with Crippen LogP contribution in [0.25, 0.3) is 0 Å². The van der Waals surface area contributed by atoms with Crippen molar-refractivity contribution in [3.63, 3.8) is 0 Å². The van der Waals surface area contributed by atoms with E-state index in [0.29, 0.717) is 6.54 Å². The number of hydrogen-bond donors (Lipinski definition) is 2. The van der Waals surface area contributed by atoms with E-state index in [-0.39, 0.29) is 12.1 Å². The molecular formula is C20H21N5S. The Morgan fingerprint density at radius 2 is 1.85 bits per heavy atom. The van der Waals surface area contributed by atoms with E-state index in [1.807, 2.05) is 48.8 Å². The van der Waals surface area contributed by atoms with Crippen molar-refractivity contribution in [3.8, 4) is 0 Å². The van der Waals surface area contributed by atoms with E-state index < -0.39 is 0 Å². The first-order valence-electron chi connectivity index (χ1n) is 8.67. The molecule has 1 fully saturated rings. The predicted molar refractivity (Wildman–Crippen MR) is 105 cm³/mol. The highest BCUT2D eigenvalue weighted by Crippen LogP contribution is 2.40. The van der Waals surface area contributed by atoms with Gasteiger partial charge in [0, 0.05) is 23.8 Å². The molecule has 5 nitrogen and oxygen atoms in total. The minimum atomic E-state index is 0.00122. The topological polar surface area (TPSA) is 56.8 Å². The van der Waals surface area contributed by atoms with Crippen LogP contribution in [0, 0.1) is 13.8 Å². The molecule has 0 amide bonds. The maximum absolute atomic E-state index is 5.69. The zero-order chi connectivity index (χ0) is 18.1. The van der Waals surface area contributed by atoms with Gasteiger partial charge in [0.05, 0.1) is 30.0 Å². The van der Waals surface area contributed by atoms with Crippen LogP contribution in [-0.2, 0) is 6.54 Å². The fourth-order valence-electron chi connectivity index (χ4n) is 3.63. The van der Waals surface area contributed by atoms with Gasteiger partial charge in [-0.1, -0.05) is 12.1 Å². The van der Waals surface area contributed by atoms with Crippen LogP contribution in [0.15, 0.2) is 54.9 Å². The number of aromatic amines is 1. The number of aromatic nitrogens is 3. The van der Waals surface area contributed by atoms with Crippen molar-refractivity contribution in [1.29, 1.82) is 0 Å². The van der Waals surface area contributed by atoms with Crippen LogP contribution in [0.3, 0.4) is 0 Å². The fourth-order valence-corrected chi connectivity index (χ4v) is 3.94. The van der Waals surface area contributed by atoms with Crippen LogP contribution in [0.5, 0.6) is 0 Å². The zero-order valence-electron chi connectivity index (χ0n) is 14.8. The monoisotopic (exact) mass is 363 g/mol. The molecule has 4 heterocycles. The molecule has 0 aromatic carbocycles. The lowest BCUT2D eigenvalue weighted by Gasteiger charge is -2.27. The molecule has 1 aliphatic heterocycles. The Balaban J connectivity index is 1.76. The van der Waals surface area contributed by atoms with Gasteiger partial charge in [0.25, 0.3) is 0 Å². The van der Waals surface area contributed by atoms with E-state index in [0.717, 1.165) is 27.9 Å². The summed E-state index contributed by atoms with van der Waals surface area (Å²) >= 11 is 5.69. The van der Waals surface area contributed by atoms with E-state index in [2.05, 4.69) is 45.1 Å². The molecule has 0 bridgehead atoms. The summed E-state index contributed by atoms with van der Waals surface area (Å²) in [5, 5.41) is 4.21. The molecule has 0 unspecified atom stereocenters. The average Bonchev–Trinajstić information content (AvgIpc) is 3.15. The number of hydrogen-bond acceptors (Lipinski definition) is 3. The number of nitrogens with zero attached hydrogens (tertiary/aromatic N) is 3. The third-order valence-corrected chi connectivity index (χ3v) is 5.12. The van der Waals surface area contributed by atoms with Gasteiger partial charge in [-0.15, -0.1) is 0 Å². The molecule has 3 aromatic rings. The lowest BCUT2D eigenvalue weighted by atomic mass is 9.96. The summed E-state index contributed by atoms with van der Waals surface area (Å²) in [5.41, 5.74) is 5.52. The molecule has 4 rings (SSSR count). The summed E-state index contributed by atoms with van der Waals surface area (Å²) < 4.78 is 0. The van der Waals surface area contributed by atoms with Gasteiger partial charge in [0.1, 0.15) is 0 Å². The highest BCUT2D eigenvalue weighted by Gasteiger charge is 2.40. The van der Waals surface area contributed by atoms with Gasteiger partial charge in [-0.25, -0.2) is 0 Å². The van der Waals surface area contributed by atoms with Crippen molar-refractivity contribution in [2.45, 2.75) is 32.5 Å². The molecule has 6 heteroatoms. The smallest absolute Gasteiger partial charge is 0.170 e. The Labute approximate surface area is 158 Å². The number of nitrogens with one attached hydrogen (secondary N) is 2. The van der Waals surface area contributed by atoms with Crippen LogP contribution >= 0.6 is 12.2 Å². The van der Waals surface area contributed by atoms with Crippen molar-refractivity contribution < 1.29 is 0 Å². The van der Waals surface area contributed by atoms with Gasteiger partial charge in [-0.3, -0.25) is 9.97 Å². The summed E-state index contributed by atoms with van der Waals surface area (Å²) in [5.74, 6) is 0. The van der Waals surface area contributed by atoms with Crippen molar-refractivity contribution >= 4 is 17.3 Å². The molecule has 1 aliphatic rings. The van der Waals surface area contributed by atoms with E-state index in [1.54, 1.807) is 0 Å². The Kier molecular flexibility index (Phi) is 4.42. The van der Waals surface area contributed by atoms with Crippen LogP contribution in [0.2, 0.25) is 0 Å². The average molecular weight is 363 g/mol. The summed E-state index contributed by atoms with van der Waals surface area (Å²) in [7, 11) is 0. The van der Waals surface area contributed by atoms with Gasteiger partial charge in [0.2, 0.25) is 0 Å². The number of H-pyrrole nitrogens is 1. The first-order chi connectivity index (χ1) is 12.6. The van der Waals surface area contributed by atoms with Crippen molar-refractivity contribution in [3.05, 3.63) is 83.2 Å². The molecule has 132 valence electrons. The number of thiocarbonyl (C=S) groups is 1. The van der Waals surface area contributed by atoms with E-state index in [4.69, 9.17) is 12.2 Å². The van der Waals surface area contributed by atoms with Crippen molar-refractivity contribution in [2.24, 2.45) is 0 Å². The van der Waals surface area contributed by atoms with E-state index >= 15 is 0 Å². The molecule has 3 aromatic heterocycles. The Bertz CT molecular complexity index is 906. The maximum Gasteiger partial charge on any atom is 0.170 e. The molecular weight excluding hydrogens is 342 g/mol. The molecule has 1 saturated heterocycles. The first-order valence-corrected chi connectivity index (χ1v) is 9.08. The van der Waals surface area contributed by atoms with E-state index in [1.165, 1.54) is 5.56 Å². The minimum Gasteiger partial charge on any atom is -0.362 e. The number of pyridine rings is 2. The molecule has 0 saturated carbocycles. The minimum absolute atomic E-state index is 0.00122. The fraction of sp³-hybridized carbons (Fsp3) is 0.250. The Morgan fingerprint density at radius 1 is 1.08 bits per heavy atom. The van der Waals surface area contributed by atoms with Crippen LogP contribution < -0.4 is 5.32 Å². The normalized spacial score (nSPS) is 19.6. The lowest BCUT2D eigenvalue weighted by Crippen LogP contribution is -2.29. The van der Waals surface area contributed by atoms with Crippen molar-refractivity contribution in [1.82, 2.24) is 25.2 Å². The largest absolute Gasteiger partial charge is 0.362 e. The van der Waals surface area contributed by atoms with Crippen LogP contribution in [0.4, 0.5) is 0 Å². The lowest BCUT2D eigenvalue weighted by molar-refractivity contribution is 0.307. The second-order valence-electron chi connectivity index (χ2n) is 6.61. The third-order valence-electron chi connectivity index (χ3n) is 4.76. The van der Waals surface area contributed by atoms with Crippen molar-refractivity contribution in [2.75, 3.05) is 0 Å². The molecule has 2 atom stereocenters. The van der Waals surface area contributed by atoms with Gasteiger partial charge in [0.15, 0.2) is 5.11 Å². The molecule has 0 spiro atoms. The standard InChI is InChI=1S/C20H21N5S/c1-13-11-16(14(2)23-13)19-18(17-8-4-6-10-22-17)24-20(26)25(19)12-15-7-3-5-9-21-15/h3-11,18-19,23H,12H2,1-2H3,(H,24,26)/t18-,19+/m1/s1. The quantitative estimate of drug-likeness (QED) is 0.694.